The molecule has 0 saturated heterocycles. The molecule has 2 N–H and O–H groups in total. The average Bonchev–Trinajstić information content (AvgIpc) is 2.99. The van der Waals surface area contributed by atoms with Crippen molar-refractivity contribution < 1.29 is 4.79 Å². The molecule has 0 unspecified atom stereocenters. The molecule has 4 nitrogen and oxygen atoms in total. The topological polar surface area (TPSA) is 59.2 Å². The van der Waals surface area contributed by atoms with Crippen molar-refractivity contribution in [3.63, 3.8) is 0 Å². The summed E-state index contributed by atoms with van der Waals surface area (Å²) in [5.74, 6) is 0.528. The van der Waals surface area contributed by atoms with Gasteiger partial charge in [0, 0.05) is 31.4 Å². The Morgan fingerprint density at radius 1 is 1.20 bits per heavy atom. The summed E-state index contributed by atoms with van der Waals surface area (Å²) < 4.78 is 0. The van der Waals surface area contributed by atoms with Crippen molar-refractivity contribution in [3.8, 4) is 0 Å². The largest absolute Gasteiger partial charge is 0.336 e. The molecule has 7 heteroatoms. The van der Waals surface area contributed by atoms with Crippen LogP contribution in [0.2, 0.25) is 0 Å². The first-order valence-corrected chi connectivity index (χ1v) is 8.95. The second kappa shape index (κ2) is 12.3. The number of carbonyl (C=O) groups excluding carboxylic acids is 1. The molecular formula is C18H27Cl2N3OS. The van der Waals surface area contributed by atoms with Gasteiger partial charge in [0.25, 0.3) is 5.91 Å². The summed E-state index contributed by atoms with van der Waals surface area (Å²) in [7, 11) is 0. The van der Waals surface area contributed by atoms with Gasteiger partial charge in [-0.2, -0.15) is 0 Å². The molecule has 0 atom stereocenters. The van der Waals surface area contributed by atoms with E-state index in [0.717, 1.165) is 17.8 Å². The van der Waals surface area contributed by atoms with Gasteiger partial charge in [-0.1, -0.05) is 44.2 Å². The Kier molecular flexibility index (Phi) is 11.7. The van der Waals surface area contributed by atoms with Crippen LogP contribution in [0, 0.1) is 5.92 Å². The molecule has 0 spiro atoms. The molecule has 0 fully saturated rings. The van der Waals surface area contributed by atoms with E-state index in [0.29, 0.717) is 31.2 Å². The van der Waals surface area contributed by atoms with Crippen LogP contribution in [-0.4, -0.2) is 35.4 Å². The Morgan fingerprint density at radius 3 is 2.48 bits per heavy atom. The first kappa shape index (κ1) is 23.9. The fourth-order valence-corrected chi connectivity index (χ4v) is 3.38. The molecule has 0 bridgehead atoms. The average molecular weight is 404 g/mol. The van der Waals surface area contributed by atoms with Gasteiger partial charge in [-0.3, -0.25) is 4.79 Å². The maximum absolute atomic E-state index is 12.7. The van der Waals surface area contributed by atoms with E-state index in [4.69, 9.17) is 5.73 Å². The van der Waals surface area contributed by atoms with Crippen LogP contribution >= 0.6 is 36.2 Å². The highest BCUT2D eigenvalue weighted by Crippen LogP contribution is 2.16. The van der Waals surface area contributed by atoms with Crippen molar-refractivity contribution in [1.29, 1.82) is 0 Å². The molecule has 1 aromatic carbocycles. The zero-order valence-electron chi connectivity index (χ0n) is 14.7. The van der Waals surface area contributed by atoms with Gasteiger partial charge in [0.2, 0.25) is 0 Å². The number of rotatable bonds is 8. The minimum Gasteiger partial charge on any atom is -0.336 e. The first-order chi connectivity index (χ1) is 11.1. The summed E-state index contributed by atoms with van der Waals surface area (Å²) in [4.78, 5) is 19.0. The summed E-state index contributed by atoms with van der Waals surface area (Å²) in [6.45, 7) is 6.00. The standard InChI is InChI=1S/C18H25N3OS.2ClH/c1-14(2)12-17-20-16(13-23-17)18(22)21(11-9-19)10-8-15-6-4-3-5-7-15;;/h3-7,13-14H,8-12,19H2,1-2H3;2*1H. The molecule has 0 saturated carbocycles. The lowest BCUT2D eigenvalue weighted by molar-refractivity contribution is 0.0757. The zero-order chi connectivity index (χ0) is 16.7. The number of halogens is 2. The minimum absolute atomic E-state index is 0. The van der Waals surface area contributed by atoms with Crippen LogP contribution in [0.3, 0.4) is 0 Å². The SMILES string of the molecule is CC(C)Cc1nc(C(=O)N(CCN)CCc2ccccc2)cs1.Cl.Cl. The zero-order valence-corrected chi connectivity index (χ0v) is 17.1. The highest BCUT2D eigenvalue weighted by atomic mass is 35.5. The number of hydrogen-bond acceptors (Lipinski definition) is 4. The number of hydrogen-bond donors (Lipinski definition) is 1. The molecular weight excluding hydrogens is 377 g/mol. The van der Waals surface area contributed by atoms with Gasteiger partial charge in [0.15, 0.2) is 0 Å². The van der Waals surface area contributed by atoms with E-state index in [9.17, 15) is 4.79 Å². The second-order valence-electron chi connectivity index (χ2n) is 6.04. The van der Waals surface area contributed by atoms with Gasteiger partial charge < -0.3 is 10.6 Å². The predicted octanol–water partition coefficient (Wildman–Crippen LogP) is 3.83. The van der Waals surface area contributed by atoms with Crippen molar-refractivity contribution in [2.24, 2.45) is 11.7 Å². The molecule has 2 rings (SSSR count). The molecule has 2 aromatic rings. The number of thiazole rings is 1. The normalized spacial score (nSPS) is 10.1. The van der Waals surface area contributed by atoms with Crippen LogP contribution in [0.4, 0.5) is 0 Å². The van der Waals surface area contributed by atoms with Gasteiger partial charge >= 0.3 is 0 Å². The van der Waals surface area contributed by atoms with E-state index in [2.05, 4.69) is 31.0 Å². The monoisotopic (exact) mass is 403 g/mol. The highest BCUT2D eigenvalue weighted by Gasteiger charge is 2.18. The molecule has 0 aliphatic heterocycles. The number of nitrogens with zero attached hydrogens (tertiary/aromatic N) is 2. The minimum atomic E-state index is -0.0161. The van der Waals surface area contributed by atoms with Gasteiger partial charge in [0.1, 0.15) is 5.69 Å². The third kappa shape index (κ3) is 7.74. The number of benzene rings is 1. The van der Waals surface area contributed by atoms with Crippen LogP contribution in [0.15, 0.2) is 35.7 Å². The third-order valence-electron chi connectivity index (χ3n) is 3.55. The fraction of sp³-hybridized carbons (Fsp3) is 0.444. The molecule has 0 aliphatic rings. The smallest absolute Gasteiger partial charge is 0.273 e. The Balaban J connectivity index is 0.00000288. The van der Waals surface area contributed by atoms with E-state index in [1.54, 1.807) is 16.2 Å². The van der Waals surface area contributed by atoms with E-state index >= 15 is 0 Å². The fourth-order valence-electron chi connectivity index (χ4n) is 2.39. The van der Waals surface area contributed by atoms with Gasteiger partial charge in [-0.15, -0.1) is 36.2 Å². The van der Waals surface area contributed by atoms with E-state index in [-0.39, 0.29) is 30.7 Å². The Hall–Kier alpha value is -1.14. The van der Waals surface area contributed by atoms with Crippen LogP contribution in [0.25, 0.3) is 0 Å². The lowest BCUT2D eigenvalue weighted by Gasteiger charge is -2.21. The van der Waals surface area contributed by atoms with E-state index < -0.39 is 0 Å². The Bertz CT molecular complexity index is 620. The summed E-state index contributed by atoms with van der Waals surface area (Å²) in [5.41, 5.74) is 7.45. The molecule has 140 valence electrons. The first-order valence-electron chi connectivity index (χ1n) is 8.07. The maximum Gasteiger partial charge on any atom is 0.273 e. The van der Waals surface area contributed by atoms with Crippen molar-refractivity contribution in [3.05, 3.63) is 52.0 Å². The van der Waals surface area contributed by atoms with Crippen LogP contribution in [0.1, 0.15) is 34.9 Å². The summed E-state index contributed by atoms with van der Waals surface area (Å²) in [5, 5.41) is 2.89. The summed E-state index contributed by atoms with van der Waals surface area (Å²) in [6, 6.07) is 10.2. The molecule has 0 aliphatic carbocycles. The Morgan fingerprint density at radius 2 is 1.88 bits per heavy atom. The van der Waals surface area contributed by atoms with E-state index in [1.165, 1.54) is 5.56 Å². The van der Waals surface area contributed by atoms with Gasteiger partial charge in [0.05, 0.1) is 5.01 Å². The molecule has 25 heavy (non-hydrogen) atoms. The van der Waals surface area contributed by atoms with Gasteiger partial charge in [-0.05, 0) is 17.9 Å². The molecule has 1 heterocycles. The quantitative estimate of drug-likeness (QED) is 0.728. The molecule has 1 amide bonds. The maximum atomic E-state index is 12.7. The Labute approximate surface area is 166 Å². The summed E-state index contributed by atoms with van der Waals surface area (Å²) in [6.07, 6.45) is 1.74. The predicted molar refractivity (Wildman–Crippen MR) is 110 cm³/mol. The molecule has 1 aromatic heterocycles. The van der Waals surface area contributed by atoms with Crippen molar-refractivity contribution in [2.75, 3.05) is 19.6 Å². The van der Waals surface area contributed by atoms with E-state index in [1.807, 2.05) is 23.6 Å². The number of carbonyl (C=O) groups is 1. The number of aromatic nitrogens is 1. The van der Waals surface area contributed by atoms with Crippen LogP contribution in [-0.2, 0) is 12.8 Å². The number of nitrogens with two attached hydrogens (primary N) is 1. The lowest BCUT2D eigenvalue weighted by Crippen LogP contribution is -2.37. The highest BCUT2D eigenvalue weighted by molar-refractivity contribution is 7.09. The third-order valence-corrected chi connectivity index (χ3v) is 4.42. The lowest BCUT2D eigenvalue weighted by atomic mass is 10.1. The van der Waals surface area contributed by atoms with Crippen molar-refractivity contribution in [2.45, 2.75) is 26.7 Å². The second-order valence-corrected chi connectivity index (χ2v) is 6.98. The van der Waals surface area contributed by atoms with Crippen molar-refractivity contribution in [1.82, 2.24) is 9.88 Å². The summed E-state index contributed by atoms with van der Waals surface area (Å²) >= 11 is 1.57. The van der Waals surface area contributed by atoms with Crippen LogP contribution in [0.5, 0.6) is 0 Å². The number of amides is 1. The van der Waals surface area contributed by atoms with Crippen LogP contribution < -0.4 is 5.73 Å². The molecule has 0 radical (unpaired) electrons. The van der Waals surface area contributed by atoms with Gasteiger partial charge in [-0.25, -0.2) is 4.98 Å². The van der Waals surface area contributed by atoms with Crippen molar-refractivity contribution >= 4 is 42.1 Å².